The van der Waals surface area contributed by atoms with E-state index < -0.39 is 30.6 Å². The van der Waals surface area contributed by atoms with Crippen LogP contribution in [-0.2, 0) is 11.2 Å². The third-order valence-electron chi connectivity index (χ3n) is 8.96. The number of para-hydroxylation sites is 1. The molecule has 2 aromatic carbocycles. The number of carbonyl (C=O) groups excluding carboxylic acids is 1. The molecule has 5 nitrogen and oxygen atoms in total. The summed E-state index contributed by atoms with van der Waals surface area (Å²) in [5.41, 5.74) is 2.80. The number of H-pyrrole nitrogens is 1. The maximum absolute atomic E-state index is 15.9. The molecule has 0 radical (unpaired) electrons. The molecular weight excluding hydrogens is 508 g/mol. The van der Waals surface area contributed by atoms with E-state index in [9.17, 15) is 13.6 Å². The Morgan fingerprint density at radius 3 is 2.41 bits per heavy atom. The number of ketones is 1. The third-order valence-corrected chi connectivity index (χ3v) is 8.96. The molecule has 0 amide bonds. The minimum absolute atomic E-state index is 0.160. The maximum atomic E-state index is 15.9. The normalized spacial score (nSPS) is 23.4. The number of nitrogens with zero attached hydrogens (tertiary/aromatic N) is 3. The number of halogens is 4. The number of likely N-dealkylation sites (tertiary alicyclic amines) is 1. The van der Waals surface area contributed by atoms with Crippen molar-refractivity contribution in [1.29, 1.82) is 0 Å². The van der Waals surface area contributed by atoms with Crippen LogP contribution in [-0.4, -0.2) is 72.3 Å². The topological polar surface area (TPSA) is 42.6 Å². The molecule has 0 bridgehead atoms. The number of Topliss-reactive ketones (excluding diaryl/α,β-unsaturated/α-hetero) is 1. The smallest absolute Gasteiger partial charge is 0.251 e. The van der Waals surface area contributed by atoms with Gasteiger partial charge in [0.05, 0.1) is 19.1 Å². The van der Waals surface area contributed by atoms with Crippen molar-refractivity contribution in [2.24, 2.45) is 5.41 Å². The molecule has 1 unspecified atom stereocenters. The number of rotatable bonds is 6. The van der Waals surface area contributed by atoms with Gasteiger partial charge in [0.25, 0.3) is 6.43 Å². The number of piperidine rings is 1. The molecular formula is C30H34F4N4O. The highest BCUT2D eigenvalue weighted by atomic mass is 19.3. The summed E-state index contributed by atoms with van der Waals surface area (Å²) in [6.45, 7) is 6.46. The van der Waals surface area contributed by atoms with Crippen molar-refractivity contribution in [2.75, 3.05) is 44.2 Å². The zero-order valence-electron chi connectivity index (χ0n) is 22.3. The van der Waals surface area contributed by atoms with Gasteiger partial charge in [-0.15, -0.1) is 0 Å². The molecule has 6 rings (SSSR count). The van der Waals surface area contributed by atoms with Crippen LogP contribution < -0.4 is 4.90 Å². The zero-order valence-corrected chi connectivity index (χ0v) is 22.3. The molecule has 1 N–H and O–H groups in total. The van der Waals surface area contributed by atoms with E-state index in [0.29, 0.717) is 37.4 Å². The number of nitrogens with one attached hydrogen (secondary N) is 1. The molecule has 2 atom stereocenters. The van der Waals surface area contributed by atoms with Gasteiger partial charge in [-0.05, 0) is 62.3 Å². The van der Waals surface area contributed by atoms with Crippen LogP contribution in [0.15, 0.2) is 36.4 Å². The molecule has 0 aliphatic carbocycles. The Kier molecular flexibility index (Phi) is 6.70. The first-order chi connectivity index (χ1) is 18.6. The fourth-order valence-electron chi connectivity index (χ4n) is 7.16. The number of carbonyl (C=O) groups is 1. The molecule has 39 heavy (non-hydrogen) atoms. The van der Waals surface area contributed by atoms with E-state index >= 15 is 8.78 Å². The summed E-state index contributed by atoms with van der Waals surface area (Å²) >= 11 is 0. The second-order valence-electron chi connectivity index (χ2n) is 11.8. The van der Waals surface area contributed by atoms with Gasteiger partial charge in [0.2, 0.25) is 0 Å². The van der Waals surface area contributed by atoms with Crippen molar-refractivity contribution in [2.45, 2.75) is 51.6 Å². The first-order valence-electron chi connectivity index (χ1n) is 13.7. The Hall–Kier alpha value is -2.91. The molecule has 1 spiro atoms. The van der Waals surface area contributed by atoms with Gasteiger partial charge in [0.15, 0.2) is 0 Å². The number of fused-ring (bicyclic) bond motifs is 3. The van der Waals surface area contributed by atoms with Crippen molar-refractivity contribution in [1.82, 2.24) is 14.8 Å². The summed E-state index contributed by atoms with van der Waals surface area (Å²) in [6, 6.07) is 9.06. The van der Waals surface area contributed by atoms with E-state index in [2.05, 4.69) is 9.88 Å². The molecule has 2 fully saturated rings. The highest BCUT2D eigenvalue weighted by Gasteiger charge is 2.45. The van der Waals surface area contributed by atoms with E-state index in [1.165, 1.54) is 17.0 Å². The van der Waals surface area contributed by atoms with Gasteiger partial charge in [0.1, 0.15) is 17.4 Å². The summed E-state index contributed by atoms with van der Waals surface area (Å²) < 4.78 is 59.2. The molecule has 1 aromatic heterocycles. The van der Waals surface area contributed by atoms with Crippen molar-refractivity contribution in [3.63, 3.8) is 0 Å². The molecule has 2 saturated heterocycles. The Morgan fingerprint density at radius 1 is 1.10 bits per heavy atom. The van der Waals surface area contributed by atoms with Gasteiger partial charge in [0, 0.05) is 60.1 Å². The Bertz CT molecular complexity index is 1370. The largest absolute Gasteiger partial charge is 0.371 e. The number of aromatic nitrogens is 1. The molecule has 3 aliphatic heterocycles. The van der Waals surface area contributed by atoms with Gasteiger partial charge in [-0.1, -0.05) is 18.2 Å². The summed E-state index contributed by atoms with van der Waals surface area (Å²) in [6.07, 6.45) is -0.325. The van der Waals surface area contributed by atoms with Crippen LogP contribution >= 0.6 is 0 Å². The minimum atomic E-state index is -2.63. The van der Waals surface area contributed by atoms with E-state index in [-0.39, 0.29) is 22.8 Å². The Balaban J connectivity index is 1.30. The molecule has 3 aliphatic rings. The third kappa shape index (κ3) is 4.73. The fraction of sp³-hybridized carbons (Fsp3) is 0.500. The Morgan fingerprint density at radius 2 is 1.77 bits per heavy atom. The first kappa shape index (κ1) is 26.3. The SMILES string of the molecule is CC(=O)CN1CC2(CCN(c3cc(F)c(C4c5[nH]c6ccccc6c5C[C@@H](C)N4CC(F)F)c(F)c3)CC2)C1. The number of hydrogen-bond donors (Lipinski definition) is 1. The van der Waals surface area contributed by atoms with Gasteiger partial charge < -0.3 is 9.88 Å². The lowest BCUT2D eigenvalue weighted by atomic mass is 9.72. The van der Waals surface area contributed by atoms with Crippen molar-refractivity contribution >= 4 is 22.4 Å². The lowest BCUT2D eigenvalue weighted by Gasteiger charge is -2.54. The minimum Gasteiger partial charge on any atom is -0.371 e. The van der Waals surface area contributed by atoms with Gasteiger partial charge in [-0.2, -0.15) is 0 Å². The van der Waals surface area contributed by atoms with E-state index in [0.717, 1.165) is 42.4 Å². The second kappa shape index (κ2) is 9.93. The van der Waals surface area contributed by atoms with Crippen molar-refractivity contribution in [3.05, 3.63) is 64.9 Å². The highest BCUT2D eigenvalue weighted by Crippen LogP contribution is 2.45. The van der Waals surface area contributed by atoms with Crippen LogP contribution in [0, 0.1) is 17.0 Å². The number of anilines is 1. The summed E-state index contributed by atoms with van der Waals surface area (Å²) in [5, 5.41) is 0.957. The molecule has 4 heterocycles. The summed E-state index contributed by atoms with van der Waals surface area (Å²) in [7, 11) is 0. The van der Waals surface area contributed by atoms with Gasteiger partial charge >= 0.3 is 0 Å². The van der Waals surface area contributed by atoms with E-state index in [1.54, 1.807) is 6.92 Å². The maximum Gasteiger partial charge on any atom is 0.251 e. The summed E-state index contributed by atoms with van der Waals surface area (Å²) in [4.78, 5) is 20.4. The predicted molar refractivity (Wildman–Crippen MR) is 143 cm³/mol. The molecule has 0 saturated carbocycles. The van der Waals surface area contributed by atoms with Crippen LogP contribution in [0.25, 0.3) is 10.9 Å². The second-order valence-corrected chi connectivity index (χ2v) is 11.8. The van der Waals surface area contributed by atoms with Crippen LogP contribution in [0.2, 0.25) is 0 Å². The van der Waals surface area contributed by atoms with E-state index in [4.69, 9.17) is 0 Å². The van der Waals surface area contributed by atoms with Crippen LogP contribution in [0.3, 0.4) is 0 Å². The van der Waals surface area contributed by atoms with Crippen LogP contribution in [0.5, 0.6) is 0 Å². The molecule has 3 aromatic rings. The average molecular weight is 543 g/mol. The van der Waals surface area contributed by atoms with Crippen molar-refractivity contribution in [3.8, 4) is 0 Å². The number of aromatic amines is 1. The monoisotopic (exact) mass is 542 g/mol. The quantitative estimate of drug-likeness (QED) is 0.416. The van der Waals surface area contributed by atoms with Crippen LogP contribution in [0.4, 0.5) is 23.2 Å². The number of hydrogen-bond acceptors (Lipinski definition) is 4. The summed E-state index contributed by atoms with van der Waals surface area (Å²) in [5.74, 6) is -1.28. The molecule has 208 valence electrons. The first-order valence-corrected chi connectivity index (χ1v) is 13.7. The average Bonchev–Trinajstić information content (AvgIpc) is 3.22. The number of alkyl halides is 2. The predicted octanol–water partition coefficient (Wildman–Crippen LogP) is 5.54. The van der Waals surface area contributed by atoms with Gasteiger partial charge in [-0.25, -0.2) is 17.6 Å². The van der Waals surface area contributed by atoms with Gasteiger partial charge in [-0.3, -0.25) is 14.6 Å². The van der Waals surface area contributed by atoms with E-state index in [1.807, 2.05) is 36.1 Å². The molecule has 9 heteroatoms. The lowest BCUT2D eigenvalue weighted by molar-refractivity contribution is -0.122. The van der Waals surface area contributed by atoms with Crippen molar-refractivity contribution < 1.29 is 22.4 Å². The number of benzene rings is 2. The highest BCUT2D eigenvalue weighted by molar-refractivity contribution is 5.85. The van der Waals surface area contributed by atoms with Crippen LogP contribution in [0.1, 0.15) is 49.6 Å². The Labute approximate surface area is 225 Å². The standard InChI is InChI=1S/C30H34F4N4O/c1-18-11-22-21-5-3-4-6-25(21)35-28(22)29(38(18)15-26(33)34)27-23(31)12-20(13-24(27)32)37-9-7-30(8-10-37)16-36(17-30)14-19(2)39/h3-6,12-13,18,26,29,35H,7-11,14-17H2,1-2H3/t18-,29?/m1/s1. The fourth-order valence-corrected chi connectivity index (χ4v) is 7.16. The lowest BCUT2D eigenvalue weighted by Crippen LogP contribution is -2.61. The zero-order chi connectivity index (χ0) is 27.5.